The molecular weight excluding hydrogens is 558 g/mol. The fraction of sp³-hybridized carbons (Fsp3) is 0.657. The lowest BCUT2D eigenvalue weighted by Gasteiger charge is -2.39. The molecule has 2 aromatic rings. The largest absolute Gasteiger partial charge is 0.586 e. The monoisotopic (exact) mass is 615 g/mol. The molecule has 0 atom stereocenters. The summed E-state index contributed by atoms with van der Waals surface area (Å²) < 4.78 is 34.2. The number of hydrogen-bond acceptors (Lipinski definition) is 4. The van der Waals surface area contributed by atoms with Gasteiger partial charge in [0.05, 0.1) is 0 Å². The van der Waals surface area contributed by atoms with E-state index in [9.17, 15) is 0 Å². The van der Waals surface area contributed by atoms with E-state index in [1.54, 1.807) is 16.3 Å². The first-order valence-corrected chi connectivity index (χ1v) is 17.4. The van der Waals surface area contributed by atoms with Crippen molar-refractivity contribution < 1.29 is 23.6 Å². The normalized spacial score (nSPS) is 19.8. The molecular formula is C35H57AlO5P. The molecule has 3 rings (SSSR count). The molecule has 2 N–H and O–H groups in total. The third-order valence-electron chi connectivity index (χ3n) is 8.52. The van der Waals surface area contributed by atoms with Crippen molar-refractivity contribution >= 4 is 24.1 Å². The molecule has 1 heterocycles. The molecule has 7 heteroatoms. The third kappa shape index (κ3) is 7.68. The van der Waals surface area contributed by atoms with Crippen LogP contribution in [0.5, 0.6) is 11.5 Å². The Morgan fingerprint density at radius 3 is 1.29 bits per heavy atom. The maximum atomic E-state index is 15.0. The highest BCUT2D eigenvalue weighted by molar-refractivity contribution is 7.49. The van der Waals surface area contributed by atoms with Crippen molar-refractivity contribution in [2.45, 2.75) is 149 Å². The summed E-state index contributed by atoms with van der Waals surface area (Å²) in [7, 11) is -4.13. The Hall–Kier alpha value is -1.28. The van der Waals surface area contributed by atoms with Crippen LogP contribution in [-0.2, 0) is 30.7 Å². The van der Waals surface area contributed by atoms with Crippen molar-refractivity contribution in [3.05, 3.63) is 57.6 Å². The average Bonchev–Trinajstić information content (AvgIpc) is 2.79. The van der Waals surface area contributed by atoms with Gasteiger partial charge in [0.25, 0.3) is 0 Å². The maximum absolute atomic E-state index is 15.0. The SMILES string of the molecule is CC[C]([AlH])(CC)OP1(=O)Oc2c(cc(C(C)(C)C)cc2C(C)(C)C)C(C)c2cc(C(C)(C)C)cc(C(C)(C)C)c2O1.O. The summed E-state index contributed by atoms with van der Waals surface area (Å²) in [6.07, 6.45) is 1.39. The van der Waals surface area contributed by atoms with Crippen LogP contribution in [0.25, 0.3) is 0 Å². The summed E-state index contributed by atoms with van der Waals surface area (Å²) in [5.41, 5.74) is 5.86. The molecule has 1 radical (unpaired) electrons. The fourth-order valence-electron chi connectivity index (χ4n) is 5.19. The summed E-state index contributed by atoms with van der Waals surface area (Å²) in [4.78, 5) is 0. The number of rotatable bonds is 4. The van der Waals surface area contributed by atoms with Crippen LogP contribution in [0.2, 0.25) is 0 Å². The molecule has 0 aliphatic carbocycles. The molecule has 0 bridgehead atoms. The van der Waals surface area contributed by atoms with E-state index >= 15 is 4.57 Å². The molecule has 0 saturated carbocycles. The molecule has 0 fully saturated rings. The summed E-state index contributed by atoms with van der Waals surface area (Å²) in [5, 5.41) is 0. The highest BCUT2D eigenvalue weighted by Crippen LogP contribution is 2.61. The second kappa shape index (κ2) is 11.9. The maximum Gasteiger partial charge on any atom is 0.586 e. The highest BCUT2D eigenvalue weighted by Gasteiger charge is 2.45. The van der Waals surface area contributed by atoms with Gasteiger partial charge in [-0.05, 0) is 45.6 Å². The lowest BCUT2D eigenvalue weighted by atomic mass is 9.74. The molecule has 0 spiro atoms. The van der Waals surface area contributed by atoms with Crippen LogP contribution in [-0.4, -0.2) is 26.2 Å². The predicted molar refractivity (Wildman–Crippen MR) is 179 cm³/mol. The van der Waals surface area contributed by atoms with E-state index in [-0.39, 0.29) is 33.1 Å². The molecule has 0 aromatic heterocycles. The number of hydrogen-bond donors (Lipinski definition) is 0. The van der Waals surface area contributed by atoms with Crippen molar-refractivity contribution in [2.24, 2.45) is 0 Å². The Balaban J connectivity index is 0.00000616. The molecule has 1 aliphatic heterocycles. The Morgan fingerprint density at radius 1 is 0.690 bits per heavy atom. The first kappa shape index (κ1) is 36.9. The smallest absolute Gasteiger partial charge is 0.412 e. The van der Waals surface area contributed by atoms with Gasteiger partial charge in [0.15, 0.2) is 0 Å². The van der Waals surface area contributed by atoms with Crippen molar-refractivity contribution in [1.82, 2.24) is 0 Å². The molecule has 2 aromatic carbocycles. The topological polar surface area (TPSA) is 76.3 Å². The Labute approximate surface area is 264 Å². The molecule has 5 nitrogen and oxygen atoms in total. The van der Waals surface area contributed by atoms with Crippen LogP contribution < -0.4 is 9.05 Å². The van der Waals surface area contributed by atoms with Crippen molar-refractivity contribution in [3.63, 3.8) is 0 Å². The van der Waals surface area contributed by atoms with Crippen molar-refractivity contribution in [1.29, 1.82) is 0 Å². The van der Waals surface area contributed by atoms with E-state index in [1.165, 1.54) is 11.1 Å². The highest BCUT2D eigenvalue weighted by atomic mass is 31.2. The van der Waals surface area contributed by atoms with Crippen LogP contribution in [0.3, 0.4) is 0 Å². The van der Waals surface area contributed by atoms with E-state index in [0.717, 1.165) is 22.3 Å². The minimum absolute atomic E-state index is 0. The summed E-state index contributed by atoms with van der Waals surface area (Å²) in [6, 6.07) is 8.97. The quantitative estimate of drug-likeness (QED) is 0.254. The minimum atomic E-state index is -4.13. The standard InChI is InChI=1S/C35H54O4P.Al.H2O.H/c1-16-25(17-2)37-40(36)38-30-26(18-23(32(4,5)6)20-28(30)34(10,11)12)22(3)27-19-24(33(7,8)9)21-29(31(27)39-40)35(13,14)15;;;/h18-22H,16-17H2,1-15H3;;1H2;. The lowest BCUT2D eigenvalue weighted by molar-refractivity contribution is 0.100. The van der Waals surface area contributed by atoms with Gasteiger partial charge in [-0.1, -0.05) is 128 Å². The van der Waals surface area contributed by atoms with E-state index in [0.29, 0.717) is 24.3 Å². The number of fused-ring (bicyclic) bond motifs is 2. The molecule has 42 heavy (non-hydrogen) atoms. The van der Waals surface area contributed by atoms with Gasteiger partial charge in [-0.3, -0.25) is 4.52 Å². The number of phosphoric acid groups is 1. The second-order valence-corrected chi connectivity index (χ2v) is 18.9. The van der Waals surface area contributed by atoms with Crippen molar-refractivity contribution in [2.75, 3.05) is 0 Å². The van der Waals surface area contributed by atoms with Gasteiger partial charge in [0.2, 0.25) is 16.3 Å². The van der Waals surface area contributed by atoms with Gasteiger partial charge in [-0.25, -0.2) is 4.57 Å². The average molecular weight is 616 g/mol. The first-order valence-electron chi connectivity index (χ1n) is 15.3. The number of phosphoric ester groups is 1. The zero-order valence-electron chi connectivity index (χ0n) is 29.1. The predicted octanol–water partition coefficient (Wildman–Crippen LogP) is 9.52. The second-order valence-electron chi connectivity index (χ2n) is 16.2. The molecule has 235 valence electrons. The molecule has 0 unspecified atom stereocenters. The van der Waals surface area contributed by atoms with Crippen LogP contribution in [0, 0.1) is 0 Å². The summed E-state index contributed by atoms with van der Waals surface area (Å²) in [5.74, 6) is 1.19. The van der Waals surface area contributed by atoms with Gasteiger partial charge >= 0.3 is 7.82 Å². The third-order valence-corrected chi connectivity index (χ3v) is 11.3. The van der Waals surface area contributed by atoms with Crippen LogP contribution >= 0.6 is 7.82 Å². The zero-order chi connectivity index (χ0) is 31.6. The van der Waals surface area contributed by atoms with Gasteiger partial charge in [-0.15, -0.1) is 0 Å². The Kier molecular flexibility index (Phi) is 10.5. The van der Waals surface area contributed by atoms with Gasteiger partial charge < -0.3 is 14.5 Å². The van der Waals surface area contributed by atoms with E-state index in [2.05, 4.69) is 128 Å². The van der Waals surface area contributed by atoms with E-state index < -0.39 is 12.3 Å². The molecule has 0 saturated heterocycles. The summed E-state index contributed by atoms with van der Waals surface area (Å²) >= 11 is 1.73. The Morgan fingerprint density at radius 2 is 1.02 bits per heavy atom. The fourth-order valence-corrected chi connectivity index (χ4v) is 7.37. The molecule has 0 amide bonds. The lowest BCUT2D eigenvalue weighted by Crippen LogP contribution is -2.33. The number of benzene rings is 2. The van der Waals surface area contributed by atoms with Crippen molar-refractivity contribution in [3.8, 4) is 11.5 Å². The van der Waals surface area contributed by atoms with Gasteiger partial charge in [0, 0.05) is 32.6 Å². The van der Waals surface area contributed by atoms with Crippen LogP contribution in [0.4, 0.5) is 0 Å². The zero-order valence-corrected chi connectivity index (χ0v) is 31.4. The molecule has 1 aliphatic rings. The van der Waals surface area contributed by atoms with E-state index in [1.807, 2.05) is 0 Å². The minimum Gasteiger partial charge on any atom is -0.412 e. The Bertz CT molecular complexity index is 1240. The van der Waals surface area contributed by atoms with Gasteiger partial charge in [-0.2, -0.15) is 0 Å². The van der Waals surface area contributed by atoms with Gasteiger partial charge in [0.1, 0.15) is 11.5 Å². The van der Waals surface area contributed by atoms with E-state index in [4.69, 9.17) is 13.6 Å². The van der Waals surface area contributed by atoms with Crippen LogP contribution in [0.1, 0.15) is 156 Å². The van der Waals surface area contributed by atoms with Crippen LogP contribution in [0.15, 0.2) is 24.3 Å². The summed E-state index contributed by atoms with van der Waals surface area (Å²) in [6.45, 7) is 32.9. The first-order chi connectivity index (χ1) is 18.4.